The van der Waals surface area contributed by atoms with Crippen LogP contribution in [0.2, 0.25) is 5.02 Å². The van der Waals surface area contributed by atoms with E-state index in [0.717, 1.165) is 12.0 Å². The Labute approximate surface area is 140 Å². The lowest BCUT2D eigenvalue weighted by Crippen LogP contribution is -2.36. The van der Waals surface area contributed by atoms with Crippen LogP contribution in [0.15, 0.2) is 48.5 Å². The smallest absolute Gasteiger partial charge is 0.313 e. The van der Waals surface area contributed by atoms with Gasteiger partial charge in [0.1, 0.15) is 0 Å². The van der Waals surface area contributed by atoms with Gasteiger partial charge in [-0.05, 0) is 48.2 Å². The maximum absolute atomic E-state index is 11.8. The molecule has 0 unspecified atom stereocenters. The van der Waals surface area contributed by atoms with Gasteiger partial charge in [-0.2, -0.15) is 0 Å². The van der Waals surface area contributed by atoms with Gasteiger partial charge in [0.25, 0.3) is 0 Å². The molecule has 2 rings (SSSR count). The average molecular weight is 331 g/mol. The summed E-state index contributed by atoms with van der Waals surface area (Å²) in [7, 11) is 0. The Balaban J connectivity index is 1.79. The van der Waals surface area contributed by atoms with Gasteiger partial charge in [0, 0.05) is 17.3 Å². The summed E-state index contributed by atoms with van der Waals surface area (Å²) >= 11 is 5.90. The zero-order valence-corrected chi connectivity index (χ0v) is 13.7. The second-order valence-electron chi connectivity index (χ2n) is 5.14. The molecular formula is C18H19ClN2O2. The molecule has 0 radical (unpaired) electrons. The van der Waals surface area contributed by atoms with Gasteiger partial charge in [-0.15, -0.1) is 0 Å². The molecule has 0 bridgehead atoms. The number of hydrogen-bond donors (Lipinski definition) is 2. The minimum Gasteiger partial charge on any atom is -0.347 e. The van der Waals surface area contributed by atoms with E-state index in [1.807, 2.05) is 30.3 Å². The number of amides is 2. The topological polar surface area (TPSA) is 58.2 Å². The summed E-state index contributed by atoms with van der Waals surface area (Å²) in [5, 5.41) is 5.83. The van der Waals surface area contributed by atoms with Crippen LogP contribution in [0.1, 0.15) is 18.1 Å². The molecule has 0 spiro atoms. The van der Waals surface area contributed by atoms with Crippen molar-refractivity contribution in [1.29, 1.82) is 0 Å². The number of nitrogens with one attached hydrogen (secondary N) is 2. The summed E-state index contributed by atoms with van der Waals surface area (Å²) in [6.07, 6.45) is 1.54. The molecule has 0 aromatic heterocycles. The second-order valence-corrected chi connectivity index (χ2v) is 5.58. The quantitative estimate of drug-likeness (QED) is 0.827. The van der Waals surface area contributed by atoms with Crippen LogP contribution in [0.25, 0.3) is 0 Å². The van der Waals surface area contributed by atoms with Gasteiger partial charge in [-0.3, -0.25) is 9.59 Å². The average Bonchev–Trinajstić information content (AvgIpc) is 2.55. The summed E-state index contributed by atoms with van der Waals surface area (Å²) in [6.45, 7) is 2.43. The fourth-order valence-corrected chi connectivity index (χ4v) is 2.32. The molecule has 5 heteroatoms. The number of carbonyl (C=O) groups excluding carboxylic acids is 2. The van der Waals surface area contributed by atoms with E-state index in [1.165, 1.54) is 5.56 Å². The minimum atomic E-state index is -0.666. The van der Waals surface area contributed by atoms with Crippen molar-refractivity contribution in [2.24, 2.45) is 0 Å². The van der Waals surface area contributed by atoms with Crippen LogP contribution < -0.4 is 10.6 Å². The van der Waals surface area contributed by atoms with Crippen molar-refractivity contribution >= 4 is 29.1 Å². The van der Waals surface area contributed by atoms with E-state index in [1.54, 1.807) is 18.2 Å². The zero-order valence-electron chi connectivity index (χ0n) is 12.9. The van der Waals surface area contributed by atoms with Gasteiger partial charge in [-0.1, -0.05) is 42.8 Å². The van der Waals surface area contributed by atoms with Gasteiger partial charge in [0.15, 0.2) is 0 Å². The summed E-state index contributed by atoms with van der Waals surface area (Å²) < 4.78 is 0. The Morgan fingerprint density at radius 1 is 1.00 bits per heavy atom. The van der Waals surface area contributed by atoms with Crippen LogP contribution >= 0.6 is 11.6 Å². The molecule has 2 N–H and O–H groups in total. The Bertz CT molecular complexity index is 684. The Kier molecular flexibility index (Phi) is 6.18. The highest BCUT2D eigenvalue weighted by Crippen LogP contribution is 2.11. The van der Waals surface area contributed by atoms with Crippen molar-refractivity contribution < 1.29 is 9.59 Å². The Morgan fingerprint density at radius 2 is 1.74 bits per heavy atom. The fraction of sp³-hybridized carbons (Fsp3) is 0.222. The highest BCUT2D eigenvalue weighted by molar-refractivity contribution is 6.39. The first-order chi connectivity index (χ1) is 11.1. The second kappa shape index (κ2) is 8.34. The van der Waals surface area contributed by atoms with Crippen molar-refractivity contribution in [2.45, 2.75) is 19.8 Å². The molecule has 2 amide bonds. The predicted octanol–water partition coefficient (Wildman–Crippen LogP) is 3.20. The van der Waals surface area contributed by atoms with Gasteiger partial charge in [0.2, 0.25) is 0 Å². The predicted molar refractivity (Wildman–Crippen MR) is 92.6 cm³/mol. The molecule has 0 atom stereocenters. The van der Waals surface area contributed by atoms with E-state index in [0.29, 0.717) is 23.7 Å². The van der Waals surface area contributed by atoms with Crippen molar-refractivity contribution in [3.63, 3.8) is 0 Å². The van der Waals surface area contributed by atoms with Crippen molar-refractivity contribution in [2.75, 3.05) is 11.9 Å². The van der Waals surface area contributed by atoms with Gasteiger partial charge >= 0.3 is 11.8 Å². The lowest BCUT2D eigenvalue weighted by atomic mass is 10.1. The maximum atomic E-state index is 11.8. The molecule has 0 aliphatic carbocycles. The Hall–Kier alpha value is -2.33. The number of halogens is 1. The highest BCUT2D eigenvalue weighted by Gasteiger charge is 2.12. The van der Waals surface area contributed by atoms with E-state index in [9.17, 15) is 9.59 Å². The molecule has 23 heavy (non-hydrogen) atoms. The molecule has 0 aliphatic rings. The molecule has 0 heterocycles. The standard InChI is InChI=1S/C18H19ClN2O2/c1-2-13-6-8-16(9-7-13)21-18(23)17(22)20-11-10-14-4-3-5-15(19)12-14/h3-9,12H,2,10-11H2,1H3,(H,20,22)(H,21,23). The number of aryl methyl sites for hydroxylation is 1. The minimum absolute atomic E-state index is 0.376. The van der Waals surface area contributed by atoms with Crippen LogP contribution in [0.3, 0.4) is 0 Å². The van der Waals surface area contributed by atoms with Gasteiger partial charge < -0.3 is 10.6 Å². The summed E-state index contributed by atoms with van der Waals surface area (Å²) in [5.41, 5.74) is 2.79. The number of hydrogen-bond acceptors (Lipinski definition) is 2. The largest absolute Gasteiger partial charge is 0.347 e. The SMILES string of the molecule is CCc1ccc(NC(=O)C(=O)NCCc2cccc(Cl)c2)cc1. The van der Waals surface area contributed by atoms with E-state index < -0.39 is 11.8 Å². The number of carbonyl (C=O) groups is 2. The van der Waals surface area contributed by atoms with Crippen molar-refractivity contribution in [3.05, 3.63) is 64.7 Å². The molecule has 120 valence electrons. The van der Waals surface area contributed by atoms with Crippen LogP contribution in [-0.2, 0) is 22.4 Å². The van der Waals surface area contributed by atoms with Crippen LogP contribution in [0, 0.1) is 0 Å². The lowest BCUT2D eigenvalue weighted by molar-refractivity contribution is -0.136. The van der Waals surface area contributed by atoms with Crippen LogP contribution in [0.5, 0.6) is 0 Å². The number of benzene rings is 2. The first-order valence-corrected chi connectivity index (χ1v) is 7.89. The molecule has 0 saturated heterocycles. The normalized spacial score (nSPS) is 10.2. The van der Waals surface area contributed by atoms with Gasteiger partial charge in [-0.25, -0.2) is 0 Å². The van der Waals surface area contributed by atoms with E-state index in [4.69, 9.17) is 11.6 Å². The first kappa shape index (κ1) is 17.0. The van der Waals surface area contributed by atoms with Crippen LogP contribution in [0.4, 0.5) is 5.69 Å². The van der Waals surface area contributed by atoms with Crippen molar-refractivity contribution in [3.8, 4) is 0 Å². The van der Waals surface area contributed by atoms with Gasteiger partial charge in [0.05, 0.1) is 0 Å². The summed E-state index contributed by atoms with van der Waals surface area (Å²) in [4.78, 5) is 23.6. The summed E-state index contributed by atoms with van der Waals surface area (Å²) in [6, 6.07) is 14.8. The lowest BCUT2D eigenvalue weighted by Gasteiger charge is -2.07. The van der Waals surface area contributed by atoms with Crippen molar-refractivity contribution in [1.82, 2.24) is 5.32 Å². The van der Waals surface area contributed by atoms with E-state index in [-0.39, 0.29) is 0 Å². The molecule has 2 aromatic rings. The maximum Gasteiger partial charge on any atom is 0.313 e. The fourth-order valence-electron chi connectivity index (χ4n) is 2.10. The van der Waals surface area contributed by atoms with E-state index in [2.05, 4.69) is 17.6 Å². The third kappa shape index (κ3) is 5.42. The molecule has 4 nitrogen and oxygen atoms in total. The molecule has 0 aliphatic heterocycles. The molecule has 0 saturated carbocycles. The summed E-state index contributed by atoms with van der Waals surface area (Å²) in [5.74, 6) is -1.31. The Morgan fingerprint density at radius 3 is 2.39 bits per heavy atom. The zero-order chi connectivity index (χ0) is 16.7. The molecular weight excluding hydrogens is 312 g/mol. The molecule has 2 aromatic carbocycles. The first-order valence-electron chi connectivity index (χ1n) is 7.51. The third-order valence-electron chi connectivity index (χ3n) is 3.41. The third-order valence-corrected chi connectivity index (χ3v) is 3.65. The molecule has 0 fully saturated rings. The number of anilines is 1. The van der Waals surface area contributed by atoms with E-state index >= 15 is 0 Å². The monoisotopic (exact) mass is 330 g/mol. The number of rotatable bonds is 5. The highest BCUT2D eigenvalue weighted by atomic mass is 35.5. The van der Waals surface area contributed by atoms with Crippen LogP contribution in [-0.4, -0.2) is 18.4 Å².